The minimum atomic E-state index is -0.0434. The van der Waals surface area contributed by atoms with Crippen LogP contribution in [0.2, 0.25) is 10.0 Å². The number of methoxy groups -OCH3 is 2. The molecule has 208 valence electrons. The Labute approximate surface area is 238 Å². The number of anilines is 2. The maximum absolute atomic E-state index is 11.9. The van der Waals surface area contributed by atoms with Crippen molar-refractivity contribution in [2.24, 2.45) is 5.92 Å². The molecule has 1 aliphatic heterocycles. The van der Waals surface area contributed by atoms with Gasteiger partial charge in [-0.1, -0.05) is 29.8 Å². The lowest BCUT2D eigenvalue weighted by Crippen LogP contribution is -2.29. The highest BCUT2D eigenvalue weighted by Gasteiger charge is 2.30. The van der Waals surface area contributed by atoms with Crippen molar-refractivity contribution < 1.29 is 19.0 Å². The van der Waals surface area contributed by atoms with E-state index in [1.54, 1.807) is 12.3 Å². The molecule has 0 bridgehead atoms. The van der Waals surface area contributed by atoms with Gasteiger partial charge in [0.1, 0.15) is 23.1 Å². The van der Waals surface area contributed by atoms with Crippen molar-refractivity contribution in [2.45, 2.75) is 12.5 Å². The summed E-state index contributed by atoms with van der Waals surface area (Å²) in [6, 6.07) is 5.44. The van der Waals surface area contributed by atoms with Crippen LogP contribution in [0.3, 0.4) is 0 Å². The van der Waals surface area contributed by atoms with E-state index in [9.17, 15) is 4.79 Å². The Bertz CT molecular complexity index is 1340. The molecule has 0 amide bonds. The highest BCUT2D eigenvalue weighted by Crippen LogP contribution is 2.46. The summed E-state index contributed by atoms with van der Waals surface area (Å²) in [5.41, 5.74) is 1.06. The van der Waals surface area contributed by atoms with Crippen LogP contribution in [0.15, 0.2) is 37.1 Å². The largest absolute Gasteiger partial charge is 0.495 e. The average molecular weight is 575 g/mol. The zero-order valence-electron chi connectivity index (χ0n) is 22.5. The second-order valence-corrected chi connectivity index (χ2v) is 10.3. The van der Waals surface area contributed by atoms with E-state index in [1.807, 2.05) is 26.2 Å². The Kier molecular flexibility index (Phi) is 9.50. The number of halogens is 2. The number of fused-ring (bicyclic) bond motifs is 1. The van der Waals surface area contributed by atoms with Crippen molar-refractivity contribution in [3.05, 3.63) is 47.1 Å². The van der Waals surface area contributed by atoms with Crippen LogP contribution in [0.1, 0.15) is 6.42 Å². The smallest absolute Gasteiger partial charge is 0.155 e. The standard InChI is InChI=1S/C28H33Cl2N5O4/c1-6-18(36)9-17-14-39-15-21(17)33-24-11-19-16(13-32-24)10-20(34-28(19)31-7-8-35(2)3)25-26(29)22(37-4)12-23(38-5)27(25)30/h6,10-13,17,21H,1,7-9,14-15H2,2-5H3,(H,31,34)(H,32,33)/t17-,21+/m0/s1. The Morgan fingerprint density at radius 1 is 1.18 bits per heavy atom. The molecule has 3 heterocycles. The van der Waals surface area contributed by atoms with Crippen molar-refractivity contribution in [3.63, 3.8) is 0 Å². The van der Waals surface area contributed by atoms with Crippen molar-refractivity contribution in [2.75, 3.05) is 65.3 Å². The number of nitrogens with one attached hydrogen (secondary N) is 2. The number of ketones is 1. The predicted molar refractivity (Wildman–Crippen MR) is 157 cm³/mol. The molecule has 1 saturated heterocycles. The number of allylic oxidation sites excluding steroid dienone is 1. The second-order valence-electron chi connectivity index (χ2n) is 9.58. The van der Waals surface area contributed by atoms with E-state index < -0.39 is 0 Å². The van der Waals surface area contributed by atoms with Crippen molar-refractivity contribution in [1.29, 1.82) is 0 Å². The summed E-state index contributed by atoms with van der Waals surface area (Å²) in [7, 11) is 7.09. The van der Waals surface area contributed by atoms with Crippen LogP contribution < -0.4 is 20.1 Å². The molecule has 0 spiro atoms. The summed E-state index contributed by atoms with van der Waals surface area (Å²) in [6.45, 7) is 6.05. The number of nitrogens with zero attached hydrogens (tertiary/aromatic N) is 3. The molecule has 0 unspecified atom stereocenters. The summed E-state index contributed by atoms with van der Waals surface area (Å²) in [5, 5.41) is 9.28. The fraction of sp³-hybridized carbons (Fsp3) is 0.393. The molecule has 9 nitrogen and oxygen atoms in total. The van der Waals surface area contributed by atoms with Gasteiger partial charge in [0.25, 0.3) is 0 Å². The van der Waals surface area contributed by atoms with Crippen LogP contribution >= 0.6 is 23.2 Å². The van der Waals surface area contributed by atoms with Gasteiger partial charge in [-0.15, -0.1) is 0 Å². The van der Waals surface area contributed by atoms with Crippen molar-refractivity contribution >= 4 is 51.4 Å². The maximum Gasteiger partial charge on any atom is 0.155 e. The van der Waals surface area contributed by atoms with Crippen LogP contribution in [0.5, 0.6) is 11.5 Å². The third-order valence-corrected chi connectivity index (χ3v) is 7.37. The van der Waals surface area contributed by atoms with E-state index in [4.69, 9.17) is 42.4 Å². The Balaban J connectivity index is 1.76. The van der Waals surface area contributed by atoms with Gasteiger partial charge in [-0.3, -0.25) is 4.79 Å². The zero-order chi connectivity index (χ0) is 28.1. The summed E-state index contributed by atoms with van der Waals surface area (Å²) in [4.78, 5) is 23.6. The molecular formula is C28H33Cl2N5O4. The monoisotopic (exact) mass is 573 g/mol. The molecule has 3 aromatic rings. The van der Waals surface area contributed by atoms with Gasteiger partial charge in [0, 0.05) is 54.0 Å². The summed E-state index contributed by atoms with van der Waals surface area (Å²) in [5.74, 6) is 2.22. The molecular weight excluding hydrogens is 541 g/mol. The number of carbonyl (C=O) groups is 1. The Hall–Kier alpha value is -3.11. The first-order valence-electron chi connectivity index (χ1n) is 12.5. The van der Waals surface area contributed by atoms with Gasteiger partial charge in [0.15, 0.2) is 5.78 Å². The number of ether oxygens (including phenoxy) is 3. The predicted octanol–water partition coefficient (Wildman–Crippen LogP) is 5.17. The number of hydrogen-bond acceptors (Lipinski definition) is 9. The average Bonchev–Trinajstić information content (AvgIpc) is 3.34. The molecule has 1 aliphatic rings. The summed E-state index contributed by atoms with van der Waals surface area (Å²) >= 11 is 13.4. The van der Waals surface area contributed by atoms with Crippen LogP contribution in [0.4, 0.5) is 11.6 Å². The van der Waals surface area contributed by atoms with E-state index in [1.165, 1.54) is 20.3 Å². The first kappa shape index (κ1) is 28.9. The highest BCUT2D eigenvalue weighted by atomic mass is 35.5. The molecule has 2 aromatic heterocycles. The van der Waals surface area contributed by atoms with Gasteiger partial charge >= 0.3 is 0 Å². The van der Waals surface area contributed by atoms with E-state index in [-0.39, 0.29) is 17.7 Å². The molecule has 1 fully saturated rings. The third kappa shape index (κ3) is 6.55. The molecule has 2 N–H and O–H groups in total. The molecule has 11 heteroatoms. The van der Waals surface area contributed by atoms with Gasteiger partial charge in [-0.2, -0.15) is 0 Å². The first-order valence-corrected chi connectivity index (χ1v) is 13.3. The van der Waals surface area contributed by atoms with Crippen LogP contribution in [-0.2, 0) is 9.53 Å². The number of pyridine rings is 2. The zero-order valence-corrected chi connectivity index (χ0v) is 24.0. The van der Waals surface area contributed by atoms with Gasteiger partial charge in [-0.25, -0.2) is 9.97 Å². The fourth-order valence-electron chi connectivity index (χ4n) is 4.49. The molecule has 2 atom stereocenters. The van der Waals surface area contributed by atoms with Gasteiger partial charge in [-0.05, 0) is 32.3 Å². The summed E-state index contributed by atoms with van der Waals surface area (Å²) < 4.78 is 16.6. The number of rotatable bonds is 12. The van der Waals surface area contributed by atoms with Crippen LogP contribution in [-0.4, -0.2) is 81.3 Å². The van der Waals surface area contributed by atoms with E-state index >= 15 is 0 Å². The second kappa shape index (κ2) is 12.8. The van der Waals surface area contributed by atoms with E-state index in [0.717, 1.165) is 17.3 Å². The lowest BCUT2D eigenvalue weighted by Gasteiger charge is -2.20. The Morgan fingerprint density at radius 3 is 2.54 bits per heavy atom. The fourth-order valence-corrected chi connectivity index (χ4v) is 5.18. The van der Waals surface area contributed by atoms with Gasteiger partial charge < -0.3 is 29.7 Å². The number of benzene rings is 1. The maximum atomic E-state index is 11.9. The summed E-state index contributed by atoms with van der Waals surface area (Å²) in [6.07, 6.45) is 3.51. The first-order chi connectivity index (χ1) is 18.7. The lowest BCUT2D eigenvalue weighted by molar-refractivity contribution is -0.115. The molecule has 4 rings (SSSR count). The molecule has 39 heavy (non-hydrogen) atoms. The van der Waals surface area contributed by atoms with Gasteiger partial charge in [0.2, 0.25) is 0 Å². The molecule has 1 aromatic carbocycles. The number of likely N-dealkylation sites (N-methyl/N-ethyl adjacent to an activating group) is 1. The van der Waals surface area contributed by atoms with Gasteiger partial charge in [0.05, 0.1) is 49.2 Å². The van der Waals surface area contributed by atoms with Crippen molar-refractivity contribution in [1.82, 2.24) is 14.9 Å². The quantitative estimate of drug-likeness (QED) is 0.284. The SMILES string of the molecule is C=CC(=O)C[C@H]1COC[C@H]1Nc1cc2c(NCCN(C)C)nc(-c3c(Cl)c(OC)cc(OC)c3Cl)cc2cn1. The van der Waals surface area contributed by atoms with Crippen LogP contribution in [0.25, 0.3) is 22.0 Å². The van der Waals surface area contributed by atoms with Crippen LogP contribution in [0, 0.1) is 5.92 Å². The number of aromatic nitrogens is 2. The molecule has 0 aliphatic carbocycles. The molecule has 0 saturated carbocycles. The van der Waals surface area contributed by atoms with E-state index in [2.05, 4.69) is 27.1 Å². The minimum Gasteiger partial charge on any atom is -0.495 e. The Morgan fingerprint density at radius 2 is 1.90 bits per heavy atom. The highest BCUT2D eigenvalue weighted by molar-refractivity contribution is 6.41. The number of hydrogen-bond donors (Lipinski definition) is 2. The molecule has 0 radical (unpaired) electrons. The van der Waals surface area contributed by atoms with E-state index in [0.29, 0.717) is 70.6 Å². The third-order valence-electron chi connectivity index (χ3n) is 6.62. The normalized spacial score (nSPS) is 16.9. The number of carbonyl (C=O) groups excluding carboxylic acids is 1. The lowest BCUT2D eigenvalue weighted by atomic mass is 9.97. The van der Waals surface area contributed by atoms with Crippen molar-refractivity contribution in [3.8, 4) is 22.8 Å². The minimum absolute atomic E-state index is 0.000581. The topological polar surface area (TPSA) is 97.8 Å².